The number of fused-ring (bicyclic) bond motifs is 1. The number of aromatic amines is 1. The lowest BCUT2D eigenvalue weighted by Crippen LogP contribution is -2.24. The lowest BCUT2D eigenvalue weighted by molar-refractivity contribution is -0.115. The van der Waals surface area contributed by atoms with Crippen molar-refractivity contribution in [3.05, 3.63) is 55.9 Å². The van der Waals surface area contributed by atoms with E-state index < -0.39 is 0 Å². The lowest BCUT2D eigenvalue weighted by Gasteiger charge is -2.15. The third-order valence-corrected chi connectivity index (χ3v) is 7.25. The highest BCUT2D eigenvalue weighted by Crippen LogP contribution is 2.27. The summed E-state index contributed by atoms with van der Waals surface area (Å²) < 4.78 is 0. The number of hydrogen-bond acceptors (Lipinski definition) is 6. The summed E-state index contributed by atoms with van der Waals surface area (Å²) in [6.45, 7) is 7.50. The zero-order chi connectivity index (χ0) is 22.0. The van der Waals surface area contributed by atoms with Gasteiger partial charge in [0.1, 0.15) is 10.7 Å². The molecule has 3 rings (SSSR count). The van der Waals surface area contributed by atoms with Crippen molar-refractivity contribution < 1.29 is 9.59 Å². The molecule has 0 saturated heterocycles. The Morgan fingerprint density at radius 2 is 1.97 bits per heavy atom. The van der Waals surface area contributed by atoms with Crippen LogP contribution in [0.5, 0.6) is 0 Å². The molecule has 0 aliphatic carbocycles. The van der Waals surface area contributed by atoms with Crippen LogP contribution < -0.4 is 16.2 Å². The van der Waals surface area contributed by atoms with Crippen LogP contribution in [0.1, 0.15) is 39.1 Å². The van der Waals surface area contributed by atoms with E-state index in [1.165, 1.54) is 23.1 Å². The van der Waals surface area contributed by atoms with Gasteiger partial charge >= 0.3 is 0 Å². The first-order valence-corrected chi connectivity index (χ1v) is 11.3. The molecule has 1 unspecified atom stereocenters. The molecule has 7 nitrogen and oxygen atoms in total. The molecule has 0 saturated carbocycles. The molecule has 158 valence electrons. The van der Waals surface area contributed by atoms with Gasteiger partial charge in [0.15, 0.2) is 0 Å². The summed E-state index contributed by atoms with van der Waals surface area (Å²) in [5, 5.41) is 5.75. The predicted octanol–water partition coefficient (Wildman–Crippen LogP) is 3.53. The number of carbonyl (C=O) groups is 2. The van der Waals surface area contributed by atoms with Crippen LogP contribution in [0.15, 0.2) is 23.0 Å². The first kappa shape index (κ1) is 22.0. The second-order valence-electron chi connectivity index (χ2n) is 6.98. The average Bonchev–Trinajstić information content (AvgIpc) is 3.01. The summed E-state index contributed by atoms with van der Waals surface area (Å²) in [6, 6.07) is 5.22. The van der Waals surface area contributed by atoms with Crippen molar-refractivity contribution in [3.63, 3.8) is 0 Å². The van der Waals surface area contributed by atoms with Gasteiger partial charge in [-0.25, -0.2) is 4.98 Å². The Kier molecular flexibility index (Phi) is 6.62. The first-order valence-electron chi connectivity index (χ1n) is 9.46. The Labute approximate surface area is 182 Å². The summed E-state index contributed by atoms with van der Waals surface area (Å²) >= 11 is 2.89. The number of aromatic nitrogens is 2. The maximum Gasteiger partial charge on any atom is 0.259 e. The maximum absolute atomic E-state index is 12.6. The Bertz CT molecular complexity index is 1180. The molecular formula is C21H24N4O3S2. The average molecular weight is 445 g/mol. The number of thioether (sulfide) groups is 1. The molecule has 1 atom stereocenters. The predicted molar refractivity (Wildman–Crippen MR) is 124 cm³/mol. The van der Waals surface area contributed by atoms with Crippen LogP contribution in [0.3, 0.4) is 0 Å². The smallest absolute Gasteiger partial charge is 0.259 e. The van der Waals surface area contributed by atoms with Crippen molar-refractivity contribution in [1.82, 2.24) is 15.3 Å². The third kappa shape index (κ3) is 4.41. The zero-order valence-corrected chi connectivity index (χ0v) is 19.1. The number of H-pyrrole nitrogens is 1. The van der Waals surface area contributed by atoms with Gasteiger partial charge < -0.3 is 15.6 Å². The fourth-order valence-electron chi connectivity index (χ4n) is 3.03. The van der Waals surface area contributed by atoms with Gasteiger partial charge in [-0.2, -0.15) is 0 Å². The Hall–Kier alpha value is -2.65. The second-order valence-corrected chi connectivity index (χ2v) is 9.51. The second kappa shape index (κ2) is 9.01. The summed E-state index contributed by atoms with van der Waals surface area (Å²) in [7, 11) is 1.57. The van der Waals surface area contributed by atoms with Gasteiger partial charge in [-0.05, 0) is 51.0 Å². The summed E-state index contributed by atoms with van der Waals surface area (Å²) in [5.74, 6) is 0.586. The number of aryl methyl sites for hydroxylation is 2. The molecule has 9 heteroatoms. The van der Waals surface area contributed by atoms with Gasteiger partial charge in [-0.1, -0.05) is 6.07 Å². The van der Waals surface area contributed by atoms with Crippen molar-refractivity contribution in [2.45, 2.75) is 38.7 Å². The van der Waals surface area contributed by atoms with E-state index >= 15 is 0 Å². The summed E-state index contributed by atoms with van der Waals surface area (Å²) in [6.07, 6.45) is 0. The molecule has 3 N–H and O–H groups in total. The number of nitrogens with one attached hydrogen (secondary N) is 3. The van der Waals surface area contributed by atoms with Gasteiger partial charge in [0.05, 0.1) is 16.4 Å². The zero-order valence-electron chi connectivity index (χ0n) is 17.5. The highest BCUT2D eigenvalue weighted by atomic mass is 32.2. The molecular weight excluding hydrogens is 420 g/mol. The number of thiophene rings is 1. The molecule has 0 aliphatic heterocycles. The molecule has 2 heterocycles. The number of nitrogens with zero attached hydrogens (tertiary/aromatic N) is 1. The minimum absolute atomic E-state index is 0.142. The Morgan fingerprint density at radius 3 is 2.67 bits per heavy atom. The van der Waals surface area contributed by atoms with Gasteiger partial charge in [0, 0.05) is 23.2 Å². The van der Waals surface area contributed by atoms with Crippen LogP contribution in [0.4, 0.5) is 5.69 Å². The fourth-order valence-corrected chi connectivity index (χ4v) is 4.84. The quantitative estimate of drug-likeness (QED) is 0.540. The molecule has 3 aromatic rings. The highest BCUT2D eigenvalue weighted by Gasteiger charge is 2.18. The largest absolute Gasteiger partial charge is 0.355 e. The molecule has 2 amide bonds. The maximum atomic E-state index is 12.6. The van der Waals surface area contributed by atoms with Crippen LogP contribution >= 0.6 is 23.1 Å². The minimum atomic E-state index is -0.374. The van der Waals surface area contributed by atoms with Crippen LogP contribution in [0.25, 0.3) is 10.2 Å². The standard InChI is InChI=1S/C21H24N4O3S2/c1-10-12(3)30-21-17(10)20(28)24-16(25-21)9-29-13(4)18(26)23-15-8-6-7-14(11(15)2)19(27)22-5/h6-8,13H,9H2,1-5H3,(H,22,27)(H,23,26)(H,24,25,28). The van der Waals surface area contributed by atoms with Crippen molar-refractivity contribution >= 4 is 50.8 Å². The Morgan fingerprint density at radius 1 is 1.23 bits per heavy atom. The van der Waals surface area contributed by atoms with E-state index in [-0.39, 0.29) is 22.6 Å². The molecule has 0 aliphatic rings. The van der Waals surface area contributed by atoms with E-state index in [2.05, 4.69) is 20.6 Å². The van der Waals surface area contributed by atoms with Crippen LogP contribution in [0.2, 0.25) is 0 Å². The van der Waals surface area contributed by atoms with E-state index in [9.17, 15) is 14.4 Å². The van der Waals surface area contributed by atoms with E-state index in [4.69, 9.17) is 0 Å². The normalized spacial score (nSPS) is 12.0. The van der Waals surface area contributed by atoms with Crippen molar-refractivity contribution in [2.75, 3.05) is 12.4 Å². The molecule has 0 spiro atoms. The Balaban J connectivity index is 1.69. The summed E-state index contributed by atoms with van der Waals surface area (Å²) in [4.78, 5) is 46.2. The van der Waals surface area contributed by atoms with Gasteiger partial charge in [-0.15, -0.1) is 23.1 Å². The number of benzene rings is 1. The third-order valence-electron chi connectivity index (χ3n) is 4.99. The van der Waals surface area contributed by atoms with E-state index in [1.54, 1.807) is 39.1 Å². The van der Waals surface area contributed by atoms with Crippen molar-refractivity contribution in [1.29, 1.82) is 0 Å². The number of anilines is 1. The molecule has 0 bridgehead atoms. The van der Waals surface area contributed by atoms with Gasteiger partial charge in [0.2, 0.25) is 5.91 Å². The monoisotopic (exact) mass is 444 g/mol. The number of carbonyl (C=O) groups excluding carboxylic acids is 2. The summed E-state index contributed by atoms with van der Waals surface area (Å²) in [5.41, 5.74) is 2.65. The molecule has 0 radical (unpaired) electrons. The van der Waals surface area contributed by atoms with E-state index in [1.807, 2.05) is 13.8 Å². The molecule has 30 heavy (non-hydrogen) atoms. The van der Waals surface area contributed by atoms with Crippen LogP contribution in [-0.2, 0) is 10.5 Å². The molecule has 2 aromatic heterocycles. The van der Waals surface area contributed by atoms with Crippen molar-refractivity contribution in [3.8, 4) is 0 Å². The SMILES string of the molecule is CNC(=O)c1cccc(NC(=O)C(C)SCc2nc3sc(C)c(C)c3c(=O)[nH]2)c1C. The molecule has 1 aromatic carbocycles. The van der Waals surface area contributed by atoms with Crippen LogP contribution in [-0.4, -0.2) is 34.1 Å². The number of hydrogen-bond donors (Lipinski definition) is 3. The topological polar surface area (TPSA) is 104 Å². The number of rotatable bonds is 6. The minimum Gasteiger partial charge on any atom is -0.355 e. The first-order chi connectivity index (χ1) is 14.2. The highest BCUT2D eigenvalue weighted by molar-refractivity contribution is 7.99. The van der Waals surface area contributed by atoms with Gasteiger partial charge in [0.25, 0.3) is 11.5 Å². The van der Waals surface area contributed by atoms with Crippen molar-refractivity contribution in [2.24, 2.45) is 0 Å². The van der Waals surface area contributed by atoms with E-state index in [0.29, 0.717) is 33.8 Å². The van der Waals surface area contributed by atoms with E-state index in [0.717, 1.165) is 15.3 Å². The van der Waals surface area contributed by atoms with Gasteiger partial charge in [-0.3, -0.25) is 14.4 Å². The fraction of sp³-hybridized carbons (Fsp3) is 0.333. The lowest BCUT2D eigenvalue weighted by atomic mass is 10.1. The molecule has 0 fully saturated rings. The number of amides is 2. The van der Waals surface area contributed by atoms with Crippen LogP contribution in [0, 0.1) is 20.8 Å².